The summed E-state index contributed by atoms with van der Waals surface area (Å²) >= 11 is 3.38. The molecule has 0 saturated carbocycles. The van der Waals surface area contributed by atoms with Gasteiger partial charge in [0, 0.05) is 16.6 Å². The highest BCUT2D eigenvalue weighted by molar-refractivity contribution is 9.10. The number of aryl methyl sites for hydroxylation is 1. The highest BCUT2D eigenvalue weighted by Gasteiger charge is 2.28. The molecule has 7 heteroatoms. The van der Waals surface area contributed by atoms with Crippen molar-refractivity contribution in [2.24, 2.45) is 0 Å². The number of sulfonamides is 1. The number of nitrogens with one attached hydrogen (secondary N) is 2. The lowest BCUT2D eigenvalue weighted by Gasteiger charge is -2.30. The Morgan fingerprint density at radius 2 is 2.14 bits per heavy atom. The number of rotatable bonds is 4. The Balaban J connectivity index is 2.33. The molecule has 1 aliphatic heterocycles. The first-order valence-corrected chi connectivity index (χ1v) is 9.22. The molecule has 0 spiro atoms. The number of halogens is 1. The summed E-state index contributed by atoms with van der Waals surface area (Å²) in [5.74, 6) is 0.361. The Morgan fingerprint density at radius 1 is 1.43 bits per heavy atom. The van der Waals surface area contributed by atoms with Gasteiger partial charge < -0.3 is 10.1 Å². The molecule has 0 bridgehead atoms. The molecule has 1 heterocycles. The number of hydrogen-bond acceptors (Lipinski definition) is 4. The first-order chi connectivity index (χ1) is 9.85. The van der Waals surface area contributed by atoms with Gasteiger partial charge in [-0.25, -0.2) is 13.1 Å². The van der Waals surface area contributed by atoms with Crippen molar-refractivity contribution in [2.75, 3.05) is 13.7 Å². The molecular formula is C14H21BrN2O3S. The van der Waals surface area contributed by atoms with Crippen LogP contribution in [0.1, 0.15) is 25.3 Å². The summed E-state index contributed by atoms with van der Waals surface area (Å²) in [7, 11) is -2.14. The molecule has 0 aliphatic carbocycles. The fourth-order valence-electron chi connectivity index (χ4n) is 2.47. The molecule has 21 heavy (non-hydrogen) atoms. The van der Waals surface area contributed by atoms with Crippen LogP contribution in [-0.2, 0) is 10.0 Å². The molecule has 2 atom stereocenters. The van der Waals surface area contributed by atoms with Crippen molar-refractivity contribution in [2.45, 2.75) is 43.7 Å². The second kappa shape index (κ2) is 6.64. The van der Waals surface area contributed by atoms with Gasteiger partial charge in [-0.2, -0.15) is 0 Å². The molecule has 0 radical (unpaired) electrons. The average molecular weight is 377 g/mol. The summed E-state index contributed by atoms with van der Waals surface area (Å²) in [6, 6.07) is 3.33. The van der Waals surface area contributed by atoms with Crippen LogP contribution in [0, 0.1) is 6.92 Å². The van der Waals surface area contributed by atoms with E-state index in [1.165, 1.54) is 7.11 Å². The zero-order valence-corrected chi connectivity index (χ0v) is 14.8. The van der Waals surface area contributed by atoms with Crippen molar-refractivity contribution in [1.29, 1.82) is 0 Å². The van der Waals surface area contributed by atoms with E-state index in [9.17, 15) is 8.42 Å². The summed E-state index contributed by atoms with van der Waals surface area (Å²) in [6.45, 7) is 4.82. The van der Waals surface area contributed by atoms with Gasteiger partial charge in [0.25, 0.3) is 0 Å². The van der Waals surface area contributed by atoms with Gasteiger partial charge in [-0.1, -0.05) is 15.9 Å². The van der Waals surface area contributed by atoms with Crippen molar-refractivity contribution >= 4 is 26.0 Å². The van der Waals surface area contributed by atoms with E-state index in [-0.39, 0.29) is 17.0 Å². The van der Waals surface area contributed by atoms with Crippen LogP contribution in [0.4, 0.5) is 0 Å². The van der Waals surface area contributed by atoms with Crippen LogP contribution in [0.2, 0.25) is 0 Å². The van der Waals surface area contributed by atoms with Gasteiger partial charge in [0.1, 0.15) is 10.6 Å². The number of benzene rings is 1. The Hall–Kier alpha value is -0.630. The molecule has 1 aromatic rings. The van der Waals surface area contributed by atoms with Gasteiger partial charge in [-0.15, -0.1) is 0 Å². The molecule has 1 aromatic carbocycles. The quantitative estimate of drug-likeness (QED) is 0.844. The summed E-state index contributed by atoms with van der Waals surface area (Å²) < 4.78 is 34.1. The highest BCUT2D eigenvalue weighted by Crippen LogP contribution is 2.30. The van der Waals surface area contributed by atoms with Crippen LogP contribution in [0.5, 0.6) is 5.75 Å². The lowest BCUT2D eigenvalue weighted by atomic mass is 10.0. The minimum Gasteiger partial charge on any atom is -0.495 e. The second-order valence-electron chi connectivity index (χ2n) is 5.37. The van der Waals surface area contributed by atoms with Crippen LogP contribution in [0.3, 0.4) is 0 Å². The first kappa shape index (κ1) is 16.7. The maximum absolute atomic E-state index is 12.6. The van der Waals surface area contributed by atoms with Crippen LogP contribution in [-0.4, -0.2) is 34.2 Å². The smallest absolute Gasteiger partial charge is 0.244 e. The highest BCUT2D eigenvalue weighted by atomic mass is 79.9. The van der Waals surface area contributed by atoms with Crippen molar-refractivity contribution in [3.05, 3.63) is 22.2 Å². The number of methoxy groups -OCH3 is 1. The van der Waals surface area contributed by atoms with Crippen molar-refractivity contribution in [1.82, 2.24) is 10.0 Å². The molecule has 0 aromatic heterocycles. The lowest BCUT2D eigenvalue weighted by Crippen LogP contribution is -2.51. The normalized spacial score (nSPS) is 23.0. The Labute approximate surface area is 134 Å². The van der Waals surface area contributed by atoms with Crippen LogP contribution < -0.4 is 14.8 Å². The molecule has 2 unspecified atom stereocenters. The van der Waals surface area contributed by atoms with Gasteiger partial charge in [0.2, 0.25) is 10.0 Å². The molecule has 1 fully saturated rings. The van der Waals surface area contributed by atoms with E-state index < -0.39 is 10.0 Å². The maximum Gasteiger partial charge on any atom is 0.244 e. The summed E-state index contributed by atoms with van der Waals surface area (Å²) in [4.78, 5) is 0.167. The predicted molar refractivity (Wildman–Crippen MR) is 86.2 cm³/mol. The largest absolute Gasteiger partial charge is 0.495 e. The van der Waals surface area contributed by atoms with Crippen molar-refractivity contribution in [3.63, 3.8) is 0 Å². The van der Waals surface area contributed by atoms with Gasteiger partial charge in [0.15, 0.2) is 0 Å². The zero-order valence-electron chi connectivity index (χ0n) is 12.4. The van der Waals surface area contributed by atoms with Gasteiger partial charge in [0.05, 0.1) is 7.11 Å². The minimum atomic E-state index is -3.62. The second-order valence-corrected chi connectivity index (χ2v) is 7.90. The average Bonchev–Trinajstić information content (AvgIpc) is 2.43. The van der Waals surface area contributed by atoms with Crippen LogP contribution in [0.25, 0.3) is 0 Å². The van der Waals surface area contributed by atoms with E-state index in [1.807, 2.05) is 13.8 Å². The third-order valence-corrected chi connectivity index (χ3v) is 6.17. The molecule has 2 N–H and O–H groups in total. The van der Waals surface area contributed by atoms with Gasteiger partial charge in [-0.05, 0) is 50.9 Å². The van der Waals surface area contributed by atoms with E-state index in [0.29, 0.717) is 5.75 Å². The molecular weight excluding hydrogens is 356 g/mol. The van der Waals surface area contributed by atoms with E-state index in [0.717, 1.165) is 29.4 Å². The number of piperidine rings is 1. The Morgan fingerprint density at radius 3 is 2.76 bits per heavy atom. The molecule has 2 rings (SSSR count). The van der Waals surface area contributed by atoms with E-state index in [2.05, 4.69) is 26.0 Å². The van der Waals surface area contributed by atoms with Crippen LogP contribution in [0.15, 0.2) is 21.5 Å². The van der Waals surface area contributed by atoms with Gasteiger partial charge in [-0.3, -0.25) is 0 Å². The van der Waals surface area contributed by atoms with E-state index in [1.54, 1.807) is 12.1 Å². The van der Waals surface area contributed by atoms with Crippen molar-refractivity contribution in [3.8, 4) is 5.75 Å². The molecule has 1 aliphatic rings. The fraction of sp³-hybridized carbons (Fsp3) is 0.571. The van der Waals surface area contributed by atoms with E-state index in [4.69, 9.17) is 4.74 Å². The monoisotopic (exact) mass is 376 g/mol. The zero-order chi connectivity index (χ0) is 15.6. The summed E-state index contributed by atoms with van der Waals surface area (Å²) in [6.07, 6.45) is 1.80. The Kier molecular flexibility index (Phi) is 5.29. The van der Waals surface area contributed by atoms with E-state index >= 15 is 0 Å². The third kappa shape index (κ3) is 3.77. The molecule has 118 valence electrons. The number of ether oxygens (including phenoxy) is 1. The third-order valence-electron chi connectivity index (χ3n) is 3.80. The topological polar surface area (TPSA) is 67.4 Å². The molecule has 5 nitrogen and oxygen atoms in total. The maximum atomic E-state index is 12.6. The molecule has 1 saturated heterocycles. The fourth-order valence-corrected chi connectivity index (χ4v) is 4.50. The first-order valence-electron chi connectivity index (χ1n) is 6.95. The standard InChI is InChI=1S/C14H21BrN2O3S/c1-9-7-13(20-3)14(8-11(9)15)21(18,19)17-12-5-4-6-16-10(12)2/h7-8,10,12,16-17H,4-6H2,1-3H3. The van der Waals surface area contributed by atoms with Gasteiger partial charge >= 0.3 is 0 Å². The Bertz CT molecular complexity index is 619. The predicted octanol–water partition coefficient (Wildman–Crippen LogP) is 2.18. The minimum absolute atomic E-state index is 0.103. The van der Waals surface area contributed by atoms with Crippen LogP contribution >= 0.6 is 15.9 Å². The lowest BCUT2D eigenvalue weighted by molar-refractivity contribution is 0.347. The SMILES string of the molecule is COc1cc(C)c(Br)cc1S(=O)(=O)NC1CCCNC1C. The summed E-state index contributed by atoms with van der Waals surface area (Å²) in [5.41, 5.74) is 0.929. The molecule has 0 amide bonds. The number of hydrogen-bond donors (Lipinski definition) is 2. The van der Waals surface area contributed by atoms with Crippen molar-refractivity contribution < 1.29 is 13.2 Å². The summed E-state index contributed by atoms with van der Waals surface area (Å²) in [5, 5.41) is 3.29.